The van der Waals surface area contributed by atoms with Gasteiger partial charge in [-0.3, -0.25) is 4.68 Å². The Morgan fingerprint density at radius 3 is 2.47 bits per heavy atom. The smallest absolute Gasteiger partial charge is 0.0881 e. The molecule has 0 amide bonds. The molecule has 0 saturated carbocycles. The van der Waals surface area contributed by atoms with Crippen LogP contribution in [-0.2, 0) is 7.05 Å². The number of nitrogens with one attached hydrogen (secondary N) is 1. The van der Waals surface area contributed by atoms with E-state index in [1.165, 1.54) is 0 Å². The number of nitrogens with zero attached hydrogens (tertiary/aromatic N) is 2. The van der Waals surface area contributed by atoms with E-state index in [1.54, 1.807) is 4.68 Å². The molecule has 0 unspecified atom stereocenters. The zero-order valence-electron chi connectivity index (χ0n) is 11.1. The lowest BCUT2D eigenvalue weighted by Gasteiger charge is -2.25. The molecule has 0 aliphatic carbocycles. The zero-order chi connectivity index (χ0) is 13.1. The molecule has 1 aromatic rings. The predicted octanol–water partition coefficient (Wildman–Crippen LogP) is 0.946. The maximum absolute atomic E-state index is 9.23. The van der Waals surface area contributed by atoms with Crippen LogP contribution >= 0.6 is 0 Å². The van der Waals surface area contributed by atoms with Gasteiger partial charge < -0.3 is 15.5 Å². The molecule has 0 aromatic carbocycles. The van der Waals surface area contributed by atoms with Crippen molar-refractivity contribution in [3.63, 3.8) is 0 Å². The molecule has 1 aromatic heterocycles. The summed E-state index contributed by atoms with van der Waals surface area (Å²) < 4.78 is 1.77. The van der Waals surface area contributed by atoms with E-state index in [-0.39, 0.29) is 13.2 Å². The molecule has 0 aliphatic heterocycles. The lowest BCUT2D eigenvalue weighted by atomic mass is 9.93. The number of aromatic nitrogens is 2. The van der Waals surface area contributed by atoms with E-state index in [9.17, 15) is 10.2 Å². The Kier molecular flexibility index (Phi) is 4.54. The highest BCUT2D eigenvalue weighted by atomic mass is 16.3. The number of anilines is 1. The highest BCUT2D eigenvalue weighted by Gasteiger charge is 2.23. The third-order valence-electron chi connectivity index (χ3n) is 2.87. The Morgan fingerprint density at radius 2 is 2.00 bits per heavy atom. The monoisotopic (exact) mass is 241 g/mol. The van der Waals surface area contributed by atoms with Crippen LogP contribution in [0, 0.1) is 5.41 Å². The molecule has 17 heavy (non-hydrogen) atoms. The number of aliphatic hydroxyl groups is 2. The summed E-state index contributed by atoms with van der Waals surface area (Å²) in [6.45, 7) is 6.44. The van der Waals surface area contributed by atoms with Crippen LogP contribution in [0.1, 0.15) is 32.4 Å². The summed E-state index contributed by atoms with van der Waals surface area (Å²) in [7, 11) is 1.88. The van der Waals surface area contributed by atoms with Gasteiger partial charge in [0.05, 0.1) is 24.6 Å². The van der Waals surface area contributed by atoms with Crippen molar-refractivity contribution < 1.29 is 10.2 Å². The molecule has 0 fully saturated rings. The lowest BCUT2D eigenvalue weighted by molar-refractivity contribution is 0.0806. The number of hydrogen-bond donors (Lipinski definition) is 3. The van der Waals surface area contributed by atoms with E-state index < -0.39 is 5.41 Å². The van der Waals surface area contributed by atoms with Gasteiger partial charge in [0.1, 0.15) is 0 Å². The fourth-order valence-corrected chi connectivity index (χ4v) is 1.54. The van der Waals surface area contributed by atoms with Crippen LogP contribution in [0.25, 0.3) is 0 Å². The van der Waals surface area contributed by atoms with Crippen LogP contribution in [0.4, 0.5) is 5.69 Å². The van der Waals surface area contributed by atoms with E-state index in [4.69, 9.17) is 0 Å². The van der Waals surface area contributed by atoms with Crippen LogP contribution in [0.5, 0.6) is 0 Å². The Hall–Kier alpha value is -1.07. The van der Waals surface area contributed by atoms with Gasteiger partial charge in [0, 0.05) is 25.2 Å². The maximum Gasteiger partial charge on any atom is 0.0881 e. The van der Waals surface area contributed by atoms with Gasteiger partial charge in [-0.2, -0.15) is 5.10 Å². The van der Waals surface area contributed by atoms with Gasteiger partial charge in [0.25, 0.3) is 0 Å². The first-order valence-electron chi connectivity index (χ1n) is 5.91. The molecule has 0 radical (unpaired) electrons. The first-order chi connectivity index (χ1) is 7.91. The molecule has 1 rings (SSSR count). The Labute approximate surface area is 102 Å². The van der Waals surface area contributed by atoms with Crippen molar-refractivity contribution in [1.29, 1.82) is 0 Å². The fourth-order valence-electron chi connectivity index (χ4n) is 1.54. The minimum atomic E-state index is -0.510. The Morgan fingerprint density at radius 1 is 1.41 bits per heavy atom. The fraction of sp³-hybridized carbons (Fsp3) is 0.750. The minimum Gasteiger partial charge on any atom is -0.396 e. The summed E-state index contributed by atoms with van der Waals surface area (Å²) in [5.41, 5.74) is 1.46. The van der Waals surface area contributed by atoms with Gasteiger partial charge >= 0.3 is 0 Å². The average molecular weight is 241 g/mol. The lowest BCUT2D eigenvalue weighted by Crippen LogP contribution is -2.34. The second-order valence-corrected chi connectivity index (χ2v) is 5.24. The molecule has 5 nitrogen and oxygen atoms in total. The van der Waals surface area contributed by atoms with Crippen LogP contribution in [-0.4, -0.2) is 39.8 Å². The van der Waals surface area contributed by atoms with E-state index in [2.05, 4.69) is 24.3 Å². The third kappa shape index (κ3) is 3.44. The van der Waals surface area contributed by atoms with Gasteiger partial charge in [-0.15, -0.1) is 0 Å². The largest absolute Gasteiger partial charge is 0.396 e. The number of rotatable bonds is 6. The molecule has 0 aliphatic rings. The number of hydrogen-bond acceptors (Lipinski definition) is 4. The number of aryl methyl sites for hydroxylation is 1. The average Bonchev–Trinajstić information content (AvgIpc) is 2.68. The van der Waals surface area contributed by atoms with Crippen molar-refractivity contribution in [3.8, 4) is 0 Å². The number of aliphatic hydroxyl groups excluding tert-OH is 2. The van der Waals surface area contributed by atoms with Gasteiger partial charge in [-0.05, 0) is 5.92 Å². The highest BCUT2D eigenvalue weighted by Crippen LogP contribution is 2.24. The van der Waals surface area contributed by atoms with Gasteiger partial charge in [-0.25, -0.2) is 0 Å². The van der Waals surface area contributed by atoms with Gasteiger partial charge in [0.15, 0.2) is 0 Å². The summed E-state index contributed by atoms with van der Waals surface area (Å²) in [6.07, 6.45) is 1.92. The van der Waals surface area contributed by atoms with Crippen LogP contribution in [0.3, 0.4) is 0 Å². The SMILES string of the molecule is CC(C)c1nn(C)cc1NCC(C)(CO)CO. The van der Waals surface area contributed by atoms with Crippen molar-refractivity contribution in [2.24, 2.45) is 12.5 Å². The predicted molar refractivity (Wildman–Crippen MR) is 68.1 cm³/mol. The minimum absolute atomic E-state index is 0.0478. The summed E-state index contributed by atoms with van der Waals surface area (Å²) in [5, 5.41) is 26.1. The van der Waals surface area contributed by atoms with E-state index in [0.717, 1.165) is 11.4 Å². The molecule has 0 spiro atoms. The summed E-state index contributed by atoms with van der Waals surface area (Å²) in [4.78, 5) is 0. The maximum atomic E-state index is 9.23. The van der Waals surface area contributed by atoms with E-state index in [1.807, 2.05) is 20.2 Å². The Bertz CT molecular complexity index is 357. The standard InChI is InChI=1S/C12H23N3O2/c1-9(2)11-10(5-15(4)14-11)13-6-12(3,7-16)8-17/h5,9,13,16-17H,6-8H2,1-4H3. The Balaban J connectivity index is 2.75. The van der Waals surface area contributed by atoms with Crippen LogP contribution in [0.15, 0.2) is 6.20 Å². The first-order valence-corrected chi connectivity index (χ1v) is 5.91. The normalized spacial score (nSPS) is 12.2. The summed E-state index contributed by atoms with van der Waals surface area (Å²) in [5.74, 6) is 0.341. The molecule has 1 heterocycles. The summed E-state index contributed by atoms with van der Waals surface area (Å²) in [6, 6.07) is 0. The van der Waals surface area contributed by atoms with Crippen LogP contribution in [0.2, 0.25) is 0 Å². The van der Waals surface area contributed by atoms with Crippen molar-refractivity contribution >= 4 is 5.69 Å². The first kappa shape index (κ1) is 14.0. The molecule has 3 N–H and O–H groups in total. The van der Waals surface area contributed by atoms with Crippen molar-refractivity contribution in [3.05, 3.63) is 11.9 Å². The molecular formula is C12H23N3O2. The summed E-state index contributed by atoms with van der Waals surface area (Å²) >= 11 is 0. The molecule has 5 heteroatoms. The van der Waals surface area contributed by atoms with Gasteiger partial charge in [0.2, 0.25) is 0 Å². The highest BCUT2D eigenvalue weighted by molar-refractivity contribution is 5.47. The molecule has 0 atom stereocenters. The molecule has 98 valence electrons. The van der Waals surface area contributed by atoms with E-state index >= 15 is 0 Å². The van der Waals surface area contributed by atoms with Gasteiger partial charge in [-0.1, -0.05) is 20.8 Å². The molecule has 0 saturated heterocycles. The van der Waals surface area contributed by atoms with Crippen molar-refractivity contribution in [2.45, 2.75) is 26.7 Å². The second kappa shape index (κ2) is 5.51. The zero-order valence-corrected chi connectivity index (χ0v) is 11.1. The third-order valence-corrected chi connectivity index (χ3v) is 2.87. The van der Waals surface area contributed by atoms with Crippen LogP contribution < -0.4 is 5.32 Å². The second-order valence-electron chi connectivity index (χ2n) is 5.24. The van der Waals surface area contributed by atoms with E-state index in [0.29, 0.717) is 12.5 Å². The topological polar surface area (TPSA) is 70.3 Å². The van der Waals surface area contributed by atoms with Crippen molar-refractivity contribution in [1.82, 2.24) is 9.78 Å². The quantitative estimate of drug-likeness (QED) is 0.693. The molecule has 0 bridgehead atoms. The van der Waals surface area contributed by atoms with Crippen molar-refractivity contribution in [2.75, 3.05) is 25.1 Å². The molecular weight excluding hydrogens is 218 g/mol.